The van der Waals surface area contributed by atoms with Crippen molar-refractivity contribution in [2.45, 2.75) is 38.6 Å². The minimum Gasteiger partial charge on any atom is -0.454 e. The van der Waals surface area contributed by atoms with Crippen LogP contribution in [0.1, 0.15) is 39.3 Å². The smallest absolute Gasteiger partial charge is 0.235 e. The molecule has 3 aromatic rings. The van der Waals surface area contributed by atoms with Gasteiger partial charge < -0.3 is 14.8 Å². The van der Waals surface area contributed by atoms with Crippen LogP contribution < -0.4 is 19.5 Å². The SMILES string of the molecule is CCS(=O)(=O)NCc1ccc(-c2cc(NC(=O)C3(c4ccc5c(c4)OCO5)CC3)ccc2C)cc1.[HH].[HH]. The summed E-state index contributed by atoms with van der Waals surface area (Å²) in [6.07, 6.45) is 1.58. The van der Waals surface area contributed by atoms with E-state index >= 15 is 0 Å². The Morgan fingerprint density at radius 3 is 2.46 bits per heavy atom. The van der Waals surface area contributed by atoms with Crippen LogP contribution in [0.5, 0.6) is 11.5 Å². The van der Waals surface area contributed by atoms with Crippen molar-refractivity contribution in [1.29, 1.82) is 0 Å². The number of sulfonamides is 1. The van der Waals surface area contributed by atoms with Crippen LogP contribution in [-0.4, -0.2) is 26.9 Å². The third-order valence-corrected chi connectivity index (χ3v) is 8.09. The average molecular weight is 497 g/mol. The van der Waals surface area contributed by atoms with E-state index in [1.807, 2.05) is 67.6 Å². The maximum Gasteiger partial charge on any atom is 0.235 e. The first-order valence-corrected chi connectivity index (χ1v) is 13.3. The number of nitrogens with one attached hydrogen (secondary N) is 2. The van der Waals surface area contributed by atoms with Gasteiger partial charge in [-0.05, 0) is 78.8 Å². The molecule has 1 aliphatic heterocycles. The van der Waals surface area contributed by atoms with Gasteiger partial charge in [0, 0.05) is 15.1 Å². The van der Waals surface area contributed by atoms with Gasteiger partial charge in [0.05, 0.1) is 11.2 Å². The number of anilines is 1. The number of aryl methyl sites for hydroxylation is 1. The van der Waals surface area contributed by atoms with Gasteiger partial charge in [0.15, 0.2) is 11.5 Å². The lowest BCUT2D eigenvalue weighted by Gasteiger charge is -2.17. The van der Waals surface area contributed by atoms with Gasteiger partial charge in [-0.2, -0.15) is 0 Å². The van der Waals surface area contributed by atoms with E-state index in [0.29, 0.717) is 11.5 Å². The van der Waals surface area contributed by atoms with E-state index in [9.17, 15) is 13.2 Å². The van der Waals surface area contributed by atoms with Crippen LogP contribution in [0.15, 0.2) is 60.7 Å². The zero-order chi connectivity index (χ0) is 24.6. The van der Waals surface area contributed by atoms with E-state index in [1.54, 1.807) is 6.92 Å². The summed E-state index contributed by atoms with van der Waals surface area (Å²) in [4.78, 5) is 13.3. The van der Waals surface area contributed by atoms with Crippen LogP contribution in [0.3, 0.4) is 0 Å². The molecule has 5 rings (SSSR count). The molecule has 7 nitrogen and oxygen atoms in total. The van der Waals surface area contributed by atoms with Crippen LogP contribution in [0.4, 0.5) is 5.69 Å². The first-order valence-electron chi connectivity index (χ1n) is 11.7. The molecule has 186 valence electrons. The van der Waals surface area contributed by atoms with Gasteiger partial charge in [-0.1, -0.05) is 36.4 Å². The van der Waals surface area contributed by atoms with Crippen LogP contribution in [0.2, 0.25) is 0 Å². The van der Waals surface area contributed by atoms with E-state index in [2.05, 4.69) is 10.0 Å². The molecular formula is C27H32N2O5S. The molecule has 0 spiro atoms. The molecule has 8 heteroatoms. The predicted molar refractivity (Wildman–Crippen MR) is 139 cm³/mol. The standard InChI is InChI=1S/C27H28N2O5S.2H2/c1-3-35(31,32)28-16-19-5-7-20(8-6-19)23-15-22(10-4-18(23)2)29-26(30)27(12-13-27)21-9-11-24-25(14-21)34-17-33-24;;/h4-11,14-15,28H,3,12-13,16-17H2,1-2H3,(H,29,30);2*1H. The lowest BCUT2D eigenvalue weighted by atomic mass is 9.94. The number of amides is 1. The molecule has 1 amide bonds. The summed E-state index contributed by atoms with van der Waals surface area (Å²) < 4.78 is 36.9. The normalized spacial score (nSPS) is 15.6. The van der Waals surface area contributed by atoms with Crippen molar-refractivity contribution in [3.8, 4) is 22.6 Å². The minimum atomic E-state index is -3.24. The highest BCUT2D eigenvalue weighted by molar-refractivity contribution is 7.89. The van der Waals surface area contributed by atoms with Gasteiger partial charge >= 0.3 is 0 Å². The largest absolute Gasteiger partial charge is 0.454 e. The molecule has 0 aromatic heterocycles. The number of fused-ring (bicyclic) bond motifs is 1. The molecule has 1 fully saturated rings. The Bertz CT molecular complexity index is 1390. The molecule has 0 radical (unpaired) electrons. The fourth-order valence-corrected chi connectivity index (χ4v) is 4.92. The first kappa shape index (κ1) is 23.4. The molecular weight excluding hydrogens is 464 g/mol. The number of hydrogen-bond acceptors (Lipinski definition) is 5. The third-order valence-electron chi connectivity index (χ3n) is 6.75. The lowest BCUT2D eigenvalue weighted by molar-refractivity contribution is -0.118. The monoisotopic (exact) mass is 496 g/mol. The highest BCUT2D eigenvalue weighted by atomic mass is 32.2. The van der Waals surface area contributed by atoms with Gasteiger partial charge in [0.2, 0.25) is 22.7 Å². The lowest BCUT2D eigenvalue weighted by Crippen LogP contribution is -2.27. The molecule has 0 atom stereocenters. The van der Waals surface area contributed by atoms with E-state index in [4.69, 9.17) is 9.47 Å². The average Bonchev–Trinajstić information content (AvgIpc) is 3.55. The summed E-state index contributed by atoms with van der Waals surface area (Å²) >= 11 is 0. The van der Waals surface area contributed by atoms with E-state index in [1.165, 1.54) is 0 Å². The van der Waals surface area contributed by atoms with E-state index in [0.717, 1.165) is 46.3 Å². The van der Waals surface area contributed by atoms with Crippen LogP contribution >= 0.6 is 0 Å². The van der Waals surface area contributed by atoms with Gasteiger partial charge in [0.25, 0.3) is 0 Å². The van der Waals surface area contributed by atoms with Gasteiger partial charge in [0.1, 0.15) is 0 Å². The van der Waals surface area contributed by atoms with Crippen LogP contribution in [0, 0.1) is 6.92 Å². The number of carbonyl (C=O) groups is 1. The van der Waals surface area contributed by atoms with Crippen molar-refractivity contribution < 1.29 is 25.5 Å². The molecule has 2 N–H and O–H groups in total. The van der Waals surface area contributed by atoms with Gasteiger partial charge in [-0.3, -0.25) is 4.79 Å². The number of rotatable bonds is 8. The summed E-state index contributed by atoms with van der Waals surface area (Å²) in [5.41, 5.74) is 5.11. The molecule has 35 heavy (non-hydrogen) atoms. The first-order chi connectivity index (χ1) is 16.8. The van der Waals surface area contributed by atoms with Crippen LogP contribution in [-0.2, 0) is 26.8 Å². The Labute approximate surface area is 208 Å². The highest BCUT2D eigenvalue weighted by Crippen LogP contribution is 2.51. The van der Waals surface area contributed by atoms with Gasteiger partial charge in [-0.25, -0.2) is 13.1 Å². The third kappa shape index (κ3) is 4.76. The second-order valence-electron chi connectivity index (χ2n) is 9.06. The van der Waals surface area contributed by atoms with Crippen molar-refractivity contribution in [2.24, 2.45) is 0 Å². The Hall–Kier alpha value is -3.36. The Balaban J connectivity index is 0.00000190. The fourth-order valence-electron chi connectivity index (χ4n) is 4.33. The van der Waals surface area contributed by atoms with E-state index < -0.39 is 15.4 Å². The van der Waals surface area contributed by atoms with Crippen LogP contribution in [0.25, 0.3) is 11.1 Å². The second kappa shape index (κ2) is 9.02. The molecule has 0 unspecified atom stereocenters. The molecule has 0 bridgehead atoms. The number of benzene rings is 3. The summed E-state index contributed by atoms with van der Waals surface area (Å²) in [6, 6.07) is 19.4. The van der Waals surface area contributed by atoms with E-state index in [-0.39, 0.29) is 27.9 Å². The summed E-state index contributed by atoms with van der Waals surface area (Å²) in [6.45, 7) is 4.10. The van der Waals surface area contributed by atoms with Crippen molar-refractivity contribution in [3.05, 3.63) is 77.4 Å². The molecule has 3 aromatic carbocycles. The molecule has 0 saturated heterocycles. The quantitative estimate of drug-likeness (QED) is 0.458. The number of ether oxygens (including phenoxy) is 2. The zero-order valence-corrected chi connectivity index (χ0v) is 20.6. The summed E-state index contributed by atoms with van der Waals surface area (Å²) in [5.74, 6) is 1.43. The Kier molecular flexibility index (Phi) is 6.02. The highest BCUT2D eigenvalue weighted by Gasteiger charge is 2.51. The molecule has 1 aliphatic carbocycles. The maximum absolute atomic E-state index is 13.3. The van der Waals surface area contributed by atoms with Gasteiger partial charge in [-0.15, -0.1) is 0 Å². The Morgan fingerprint density at radius 2 is 1.74 bits per heavy atom. The Morgan fingerprint density at radius 1 is 1.00 bits per heavy atom. The van der Waals surface area contributed by atoms with Crippen molar-refractivity contribution in [1.82, 2.24) is 4.72 Å². The predicted octanol–water partition coefficient (Wildman–Crippen LogP) is 4.99. The van der Waals surface area contributed by atoms with Crippen molar-refractivity contribution in [3.63, 3.8) is 0 Å². The maximum atomic E-state index is 13.3. The second-order valence-corrected chi connectivity index (χ2v) is 11.2. The fraction of sp³-hybridized carbons (Fsp3) is 0.296. The number of hydrogen-bond donors (Lipinski definition) is 2. The summed E-state index contributed by atoms with van der Waals surface area (Å²) in [7, 11) is -3.24. The molecule has 1 heterocycles. The summed E-state index contributed by atoms with van der Waals surface area (Å²) in [5, 5.41) is 3.12. The minimum absolute atomic E-state index is 0. The molecule has 2 aliphatic rings. The van der Waals surface area contributed by atoms with Crippen molar-refractivity contribution >= 4 is 21.6 Å². The topological polar surface area (TPSA) is 93.7 Å². The zero-order valence-electron chi connectivity index (χ0n) is 19.8. The van der Waals surface area contributed by atoms with Crippen molar-refractivity contribution in [2.75, 3.05) is 17.9 Å². The molecule has 1 saturated carbocycles. The number of carbonyl (C=O) groups excluding carboxylic acids is 1.